The number of ether oxygens (including phenoxy) is 2. The number of carbonyl (C=O) groups excluding carboxylic acids is 2. The van der Waals surface area contributed by atoms with Crippen molar-refractivity contribution in [1.82, 2.24) is 0 Å². The predicted octanol–water partition coefficient (Wildman–Crippen LogP) is 2.14. The van der Waals surface area contributed by atoms with E-state index < -0.39 is 17.9 Å². The summed E-state index contributed by atoms with van der Waals surface area (Å²) in [5, 5.41) is 8.53. The number of nitrogens with zero attached hydrogens (tertiary/aromatic N) is 1. The van der Waals surface area contributed by atoms with Crippen molar-refractivity contribution in [1.29, 1.82) is 5.26 Å². The Balaban J connectivity index is 4.55. The highest BCUT2D eigenvalue weighted by molar-refractivity contribution is 5.95. The maximum atomic E-state index is 11.7. The normalized spacial score (nSPS) is 9.58. The zero-order chi connectivity index (χ0) is 14.8. The second-order valence-electron chi connectivity index (χ2n) is 4.38. The first-order chi connectivity index (χ1) is 8.88. The summed E-state index contributed by atoms with van der Waals surface area (Å²) in [5.74, 6) is -2.45. The minimum Gasteiger partial charge on any atom is -0.461 e. The van der Waals surface area contributed by atoms with Crippen molar-refractivity contribution in [2.75, 3.05) is 13.2 Å². The van der Waals surface area contributed by atoms with E-state index in [1.807, 2.05) is 6.07 Å². The van der Waals surface area contributed by atoms with Crippen LogP contribution in [0.1, 0.15) is 26.7 Å². The van der Waals surface area contributed by atoms with E-state index in [2.05, 4.69) is 13.2 Å². The van der Waals surface area contributed by atoms with Crippen LogP contribution in [-0.2, 0) is 19.1 Å². The molecule has 0 aromatic carbocycles. The van der Waals surface area contributed by atoms with Crippen molar-refractivity contribution >= 4 is 11.9 Å². The Labute approximate surface area is 113 Å². The first kappa shape index (κ1) is 16.9. The van der Waals surface area contributed by atoms with Gasteiger partial charge in [0.15, 0.2) is 5.92 Å². The van der Waals surface area contributed by atoms with E-state index in [1.165, 1.54) is 0 Å². The molecule has 0 N–H and O–H groups in total. The van der Waals surface area contributed by atoms with Crippen LogP contribution in [0.2, 0.25) is 0 Å². The Hall–Kier alpha value is -2.09. The van der Waals surface area contributed by atoms with Crippen molar-refractivity contribution in [2.24, 2.45) is 5.92 Å². The van der Waals surface area contributed by atoms with Crippen molar-refractivity contribution < 1.29 is 19.1 Å². The summed E-state index contributed by atoms with van der Waals surface area (Å²) in [6, 6.07) is 1.89. The Morgan fingerprint density at radius 2 is 1.53 bits per heavy atom. The number of nitriles is 1. The molecule has 0 aliphatic carbocycles. The molecule has 0 heterocycles. The number of esters is 2. The highest BCUT2D eigenvalue weighted by Crippen LogP contribution is 2.12. The molecule has 0 amide bonds. The number of hydrogen-bond donors (Lipinski definition) is 0. The second kappa shape index (κ2) is 8.92. The summed E-state index contributed by atoms with van der Waals surface area (Å²) in [6.07, 6.45) is 0.162. The van der Waals surface area contributed by atoms with Gasteiger partial charge < -0.3 is 9.47 Å². The van der Waals surface area contributed by atoms with Gasteiger partial charge in [-0.25, -0.2) is 0 Å². The van der Waals surface area contributed by atoms with Gasteiger partial charge in [0.25, 0.3) is 0 Å². The summed E-state index contributed by atoms with van der Waals surface area (Å²) >= 11 is 0. The lowest BCUT2D eigenvalue weighted by atomic mass is 10.0. The molecule has 0 unspecified atom stereocenters. The maximum Gasteiger partial charge on any atom is 0.320 e. The Morgan fingerprint density at radius 3 is 1.84 bits per heavy atom. The molecular formula is C14H19NO4. The van der Waals surface area contributed by atoms with Crippen molar-refractivity contribution in [3.05, 3.63) is 24.3 Å². The van der Waals surface area contributed by atoms with Gasteiger partial charge in [-0.3, -0.25) is 9.59 Å². The number of carbonyl (C=O) groups is 2. The number of hydrogen-bond acceptors (Lipinski definition) is 5. The minimum absolute atomic E-state index is 0.0512. The van der Waals surface area contributed by atoms with E-state index in [0.717, 1.165) is 0 Å². The van der Waals surface area contributed by atoms with Gasteiger partial charge in [-0.2, -0.15) is 5.26 Å². The highest BCUT2D eigenvalue weighted by Gasteiger charge is 2.29. The van der Waals surface area contributed by atoms with Crippen LogP contribution in [0.5, 0.6) is 0 Å². The first-order valence-electron chi connectivity index (χ1n) is 5.87. The van der Waals surface area contributed by atoms with Crippen molar-refractivity contribution in [2.45, 2.75) is 26.7 Å². The topological polar surface area (TPSA) is 76.4 Å². The monoisotopic (exact) mass is 265 g/mol. The van der Waals surface area contributed by atoms with Gasteiger partial charge >= 0.3 is 11.9 Å². The van der Waals surface area contributed by atoms with Crippen LogP contribution in [0.25, 0.3) is 0 Å². The lowest BCUT2D eigenvalue weighted by molar-refractivity contribution is -0.161. The summed E-state index contributed by atoms with van der Waals surface area (Å²) in [5.41, 5.74) is 1.34. The van der Waals surface area contributed by atoms with Gasteiger partial charge in [0, 0.05) is 6.42 Å². The van der Waals surface area contributed by atoms with Crippen LogP contribution in [0.4, 0.5) is 0 Å². The van der Waals surface area contributed by atoms with Crippen LogP contribution in [-0.4, -0.2) is 25.2 Å². The molecule has 5 nitrogen and oxygen atoms in total. The van der Waals surface area contributed by atoms with Gasteiger partial charge in [0.2, 0.25) is 0 Å². The maximum absolute atomic E-state index is 11.7. The molecule has 5 heteroatoms. The molecule has 0 aliphatic rings. The van der Waals surface area contributed by atoms with Crippen LogP contribution in [0.3, 0.4) is 0 Å². The first-order valence-corrected chi connectivity index (χ1v) is 5.87. The van der Waals surface area contributed by atoms with Gasteiger partial charge in [0.05, 0.1) is 6.07 Å². The molecule has 0 spiro atoms. The van der Waals surface area contributed by atoms with Crippen molar-refractivity contribution in [3.8, 4) is 6.07 Å². The summed E-state index contributed by atoms with van der Waals surface area (Å²) in [4.78, 5) is 23.5. The van der Waals surface area contributed by atoms with E-state index >= 15 is 0 Å². The third-order valence-electron chi connectivity index (χ3n) is 2.04. The predicted molar refractivity (Wildman–Crippen MR) is 69.9 cm³/mol. The molecule has 0 fully saturated rings. The van der Waals surface area contributed by atoms with Gasteiger partial charge in [-0.15, -0.1) is 0 Å². The zero-order valence-corrected chi connectivity index (χ0v) is 11.4. The molecule has 104 valence electrons. The minimum atomic E-state index is -1.07. The van der Waals surface area contributed by atoms with E-state index in [1.54, 1.807) is 13.8 Å². The molecule has 0 radical (unpaired) electrons. The lowest BCUT2D eigenvalue weighted by Gasteiger charge is -2.14. The third kappa shape index (κ3) is 7.77. The van der Waals surface area contributed by atoms with Crippen molar-refractivity contribution in [3.63, 3.8) is 0 Å². The summed E-state index contributed by atoms with van der Waals surface area (Å²) in [6.45, 7) is 10.7. The molecule has 0 saturated carbocycles. The standard InChI is InChI=1S/C14H19NO4/c1-10(2)8-18-13(16)12(6-5-7-15)14(17)19-9-11(3)4/h12H,1,3,5-6,8-9H2,2,4H3. The summed E-state index contributed by atoms with van der Waals surface area (Å²) < 4.78 is 9.84. The summed E-state index contributed by atoms with van der Waals surface area (Å²) in [7, 11) is 0. The van der Waals surface area contributed by atoms with Gasteiger partial charge in [-0.05, 0) is 31.4 Å². The molecule has 0 aliphatic heterocycles. The molecule has 19 heavy (non-hydrogen) atoms. The fraction of sp³-hybridized carbons (Fsp3) is 0.500. The molecule has 0 aromatic rings. The van der Waals surface area contributed by atoms with E-state index in [0.29, 0.717) is 11.1 Å². The van der Waals surface area contributed by atoms with E-state index in [-0.39, 0.29) is 26.1 Å². The molecule has 0 aromatic heterocycles. The van der Waals surface area contributed by atoms with Gasteiger partial charge in [0.1, 0.15) is 13.2 Å². The second-order valence-corrected chi connectivity index (χ2v) is 4.38. The molecule has 0 bridgehead atoms. The average Bonchev–Trinajstić information content (AvgIpc) is 2.34. The van der Waals surface area contributed by atoms with E-state index in [4.69, 9.17) is 14.7 Å². The zero-order valence-electron chi connectivity index (χ0n) is 11.4. The quantitative estimate of drug-likeness (QED) is 0.382. The molecular weight excluding hydrogens is 246 g/mol. The SMILES string of the molecule is C=C(C)COC(=O)C(CCC#N)C(=O)OCC(=C)C. The Bertz CT molecular complexity index is 376. The highest BCUT2D eigenvalue weighted by atomic mass is 16.6. The average molecular weight is 265 g/mol. The molecule has 0 saturated heterocycles. The largest absolute Gasteiger partial charge is 0.461 e. The van der Waals surface area contributed by atoms with Gasteiger partial charge in [-0.1, -0.05) is 13.2 Å². The van der Waals surface area contributed by atoms with Crippen LogP contribution in [0, 0.1) is 17.2 Å². The lowest BCUT2D eigenvalue weighted by Crippen LogP contribution is -2.28. The smallest absolute Gasteiger partial charge is 0.320 e. The molecule has 0 atom stereocenters. The Kier molecular flexibility index (Phi) is 7.94. The number of rotatable bonds is 8. The Morgan fingerprint density at radius 1 is 1.11 bits per heavy atom. The van der Waals surface area contributed by atoms with Crippen LogP contribution >= 0.6 is 0 Å². The van der Waals surface area contributed by atoms with Crippen LogP contribution < -0.4 is 0 Å². The fourth-order valence-electron chi connectivity index (χ4n) is 1.13. The molecule has 0 rings (SSSR count). The van der Waals surface area contributed by atoms with Crippen LogP contribution in [0.15, 0.2) is 24.3 Å². The van der Waals surface area contributed by atoms with E-state index in [9.17, 15) is 9.59 Å². The third-order valence-corrected chi connectivity index (χ3v) is 2.04. The fourth-order valence-corrected chi connectivity index (χ4v) is 1.13.